The lowest BCUT2D eigenvalue weighted by Gasteiger charge is -2.30. The van der Waals surface area contributed by atoms with Crippen molar-refractivity contribution < 1.29 is 27.5 Å². The lowest BCUT2D eigenvalue weighted by molar-refractivity contribution is -0.126. The van der Waals surface area contributed by atoms with Crippen LogP contribution in [0.25, 0.3) is 0 Å². The highest BCUT2D eigenvalue weighted by molar-refractivity contribution is 7.89. The van der Waals surface area contributed by atoms with Crippen LogP contribution in [0.3, 0.4) is 0 Å². The van der Waals surface area contributed by atoms with E-state index < -0.39 is 16.0 Å². The molecule has 1 aromatic heterocycles. The predicted octanol–water partition coefficient (Wildman–Crippen LogP) is 1.69. The maximum atomic E-state index is 12.8. The van der Waals surface area contributed by atoms with Gasteiger partial charge in [-0.05, 0) is 31.0 Å². The Morgan fingerprint density at radius 2 is 1.89 bits per heavy atom. The van der Waals surface area contributed by atoms with Crippen LogP contribution in [-0.2, 0) is 21.4 Å². The fraction of sp³-hybridized carbons (Fsp3) is 0.333. The van der Waals surface area contributed by atoms with E-state index in [4.69, 9.17) is 4.42 Å². The van der Waals surface area contributed by atoms with Crippen LogP contribution in [0.2, 0.25) is 0 Å². The van der Waals surface area contributed by atoms with Gasteiger partial charge in [-0.1, -0.05) is 12.1 Å². The first-order valence-corrected chi connectivity index (χ1v) is 9.95. The number of nitrogens with one attached hydrogen (secondary N) is 1. The van der Waals surface area contributed by atoms with E-state index >= 15 is 0 Å². The Morgan fingerprint density at radius 1 is 1.19 bits per heavy atom. The molecule has 1 aliphatic rings. The third-order valence-corrected chi connectivity index (χ3v) is 6.56. The number of carboxylic acids is 1. The predicted molar refractivity (Wildman–Crippen MR) is 95.4 cm³/mol. The Labute approximate surface area is 156 Å². The quantitative estimate of drug-likeness (QED) is 0.773. The summed E-state index contributed by atoms with van der Waals surface area (Å²) in [6.07, 6.45) is 3.84. The van der Waals surface area contributed by atoms with Gasteiger partial charge in [0, 0.05) is 31.1 Å². The lowest BCUT2D eigenvalue weighted by atomic mass is 9.97. The van der Waals surface area contributed by atoms with Crippen molar-refractivity contribution >= 4 is 21.9 Å². The van der Waals surface area contributed by atoms with Gasteiger partial charge in [-0.15, -0.1) is 0 Å². The van der Waals surface area contributed by atoms with Crippen molar-refractivity contribution in [3.05, 3.63) is 54.0 Å². The summed E-state index contributed by atoms with van der Waals surface area (Å²) in [5.74, 6) is -1.69. The largest absolute Gasteiger partial charge is 0.478 e. The van der Waals surface area contributed by atoms with Crippen molar-refractivity contribution in [2.75, 3.05) is 13.1 Å². The molecule has 2 N–H and O–H groups in total. The van der Waals surface area contributed by atoms with E-state index in [9.17, 15) is 23.1 Å². The van der Waals surface area contributed by atoms with Crippen molar-refractivity contribution in [3.8, 4) is 0 Å². The summed E-state index contributed by atoms with van der Waals surface area (Å²) in [6.45, 7) is 0.694. The Hall–Kier alpha value is -2.65. The fourth-order valence-corrected chi connectivity index (χ4v) is 4.75. The molecule has 0 bridgehead atoms. The van der Waals surface area contributed by atoms with Crippen LogP contribution in [0.4, 0.5) is 0 Å². The second kappa shape index (κ2) is 7.93. The number of benzene rings is 1. The molecule has 0 spiro atoms. The number of hydrogen-bond acceptors (Lipinski definition) is 5. The van der Waals surface area contributed by atoms with E-state index in [0.29, 0.717) is 19.4 Å². The Balaban J connectivity index is 1.63. The van der Waals surface area contributed by atoms with Gasteiger partial charge in [-0.25, -0.2) is 13.2 Å². The Bertz CT molecular complexity index is 915. The van der Waals surface area contributed by atoms with E-state index in [-0.39, 0.29) is 35.4 Å². The van der Waals surface area contributed by atoms with Gasteiger partial charge in [0.25, 0.3) is 0 Å². The zero-order chi connectivity index (χ0) is 19.4. The van der Waals surface area contributed by atoms with Gasteiger partial charge in [0.05, 0.1) is 23.0 Å². The van der Waals surface area contributed by atoms with E-state index in [1.54, 1.807) is 12.3 Å². The molecule has 0 radical (unpaired) electrons. The van der Waals surface area contributed by atoms with Crippen LogP contribution in [-0.4, -0.2) is 42.8 Å². The zero-order valence-electron chi connectivity index (χ0n) is 14.5. The summed E-state index contributed by atoms with van der Waals surface area (Å²) < 4.78 is 31.8. The molecular weight excluding hydrogens is 372 g/mol. The van der Waals surface area contributed by atoms with Crippen LogP contribution < -0.4 is 5.32 Å². The SMILES string of the molecule is O=C(O)c1ccccc1S(=O)(=O)N1CCC(C(=O)NCc2ccoc2)CC1. The molecule has 2 aromatic rings. The van der Waals surface area contributed by atoms with Gasteiger partial charge in [0.1, 0.15) is 0 Å². The summed E-state index contributed by atoms with van der Waals surface area (Å²) in [5, 5.41) is 12.1. The van der Waals surface area contributed by atoms with Gasteiger partial charge in [0.2, 0.25) is 15.9 Å². The number of hydrogen-bond donors (Lipinski definition) is 2. The van der Waals surface area contributed by atoms with Crippen molar-refractivity contribution in [1.29, 1.82) is 0 Å². The molecule has 1 saturated heterocycles. The maximum absolute atomic E-state index is 12.8. The second-order valence-electron chi connectivity index (χ2n) is 6.33. The number of nitrogens with zero attached hydrogens (tertiary/aromatic N) is 1. The van der Waals surface area contributed by atoms with Crippen molar-refractivity contribution in [2.45, 2.75) is 24.3 Å². The maximum Gasteiger partial charge on any atom is 0.337 e. The van der Waals surface area contributed by atoms with E-state index in [1.807, 2.05) is 0 Å². The molecule has 144 valence electrons. The summed E-state index contributed by atoms with van der Waals surface area (Å²) in [4.78, 5) is 23.4. The molecule has 27 heavy (non-hydrogen) atoms. The van der Waals surface area contributed by atoms with E-state index in [1.165, 1.54) is 34.8 Å². The molecule has 1 aromatic carbocycles. The number of piperidine rings is 1. The minimum atomic E-state index is -3.93. The average molecular weight is 392 g/mol. The van der Waals surface area contributed by atoms with Gasteiger partial charge in [-0.2, -0.15) is 4.31 Å². The summed E-state index contributed by atoms with van der Waals surface area (Å²) >= 11 is 0. The van der Waals surface area contributed by atoms with Crippen molar-refractivity contribution in [3.63, 3.8) is 0 Å². The molecule has 1 amide bonds. The minimum Gasteiger partial charge on any atom is -0.478 e. The number of aromatic carboxylic acids is 1. The standard InChI is InChI=1S/C18H20N2O6S/c21-17(19-11-13-7-10-26-12-13)14-5-8-20(9-6-14)27(24,25)16-4-2-1-3-15(16)18(22)23/h1-4,7,10,12,14H,5-6,8-9,11H2,(H,19,21)(H,22,23). The van der Waals surface area contributed by atoms with Gasteiger partial charge < -0.3 is 14.8 Å². The second-order valence-corrected chi connectivity index (χ2v) is 8.24. The molecule has 0 saturated carbocycles. The highest BCUT2D eigenvalue weighted by atomic mass is 32.2. The third kappa shape index (κ3) is 4.20. The Morgan fingerprint density at radius 3 is 2.52 bits per heavy atom. The normalized spacial score (nSPS) is 16.1. The average Bonchev–Trinajstić information content (AvgIpc) is 3.20. The molecule has 8 nitrogen and oxygen atoms in total. The fourth-order valence-electron chi connectivity index (χ4n) is 3.09. The zero-order valence-corrected chi connectivity index (χ0v) is 15.3. The van der Waals surface area contributed by atoms with Crippen LogP contribution >= 0.6 is 0 Å². The summed E-state index contributed by atoms with van der Waals surface area (Å²) in [5.41, 5.74) is 0.603. The lowest BCUT2D eigenvalue weighted by Crippen LogP contribution is -2.43. The minimum absolute atomic E-state index is 0.126. The molecule has 3 rings (SSSR count). The number of carboxylic acid groups (broad SMARTS) is 1. The first-order chi connectivity index (χ1) is 12.9. The van der Waals surface area contributed by atoms with Crippen molar-refractivity contribution in [2.24, 2.45) is 5.92 Å². The molecule has 0 aliphatic carbocycles. The van der Waals surface area contributed by atoms with Gasteiger partial charge >= 0.3 is 5.97 Å². The topological polar surface area (TPSA) is 117 Å². The van der Waals surface area contributed by atoms with Gasteiger partial charge in [-0.3, -0.25) is 4.79 Å². The first-order valence-electron chi connectivity index (χ1n) is 8.51. The van der Waals surface area contributed by atoms with E-state index in [0.717, 1.165) is 5.56 Å². The highest BCUT2D eigenvalue weighted by Crippen LogP contribution is 2.26. The Kier molecular flexibility index (Phi) is 5.62. The number of carbonyl (C=O) groups is 2. The van der Waals surface area contributed by atoms with Gasteiger partial charge in [0.15, 0.2) is 0 Å². The van der Waals surface area contributed by atoms with E-state index in [2.05, 4.69) is 5.32 Å². The summed E-state index contributed by atoms with van der Waals surface area (Å²) in [6, 6.07) is 7.30. The number of rotatable bonds is 6. The van der Waals surface area contributed by atoms with Crippen LogP contribution in [0.1, 0.15) is 28.8 Å². The number of carbonyl (C=O) groups excluding carboxylic acids is 1. The molecular formula is C18H20N2O6S. The molecule has 9 heteroatoms. The number of sulfonamides is 1. The van der Waals surface area contributed by atoms with Crippen LogP contribution in [0, 0.1) is 5.92 Å². The smallest absolute Gasteiger partial charge is 0.337 e. The monoisotopic (exact) mass is 392 g/mol. The summed E-state index contributed by atoms with van der Waals surface area (Å²) in [7, 11) is -3.93. The first kappa shape index (κ1) is 19.1. The van der Waals surface area contributed by atoms with Crippen LogP contribution in [0.15, 0.2) is 52.2 Å². The molecule has 1 fully saturated rings. The molecule has 0 atom stereocenters. The molecule has 1 aliphatic heterocycles. The third-order valence-electron chi connectivity index (χ3n) is 4.61. The number of furan rings is 1. The highest BCUT2D eigenvalue weighted by Gasteiger charge is 2.34. The van der Waals surface area contributed by atoms with Crippen LogP contribution in [0.5, 0.6) is 0 Å². The number of amides is 1. The molecule has 2 heterocycles. The van der Waals surface area contributed by atoms with Crippen molar-refractivity contribution in [1.82, 2.24) is 9.62 Å². The molecule has 0 unspecified atom stereocenters.